The summed E-state index contributed by atoms with van der Waals surface area (Å²) in [5, 5.41) is 8.63. The molecule has 2 heterocycles. The van der Waals surface area contributed by atoms with E-state index in [0.29, 0.717) is 32.9 Å². The number of halogens is 1. The molecule has 240 valence electrons. The lowest BCUT2D eigenvalue weighted by atomic mass is 9.95. The summed E-state index contributed by atoms with van der Waals surface area (Å²) in [6.45, 7) is 22.8. The molecule has 2 N–H and O–H groups in total. The van der Waals surface area contributed by atoms with Crippen molar-refractivity contribution in [3.63, 3.8) is 0 Å². The van der Waals surface area contributed by atoms with Crippen molar-refractivity contribution in [3.05, 3.63) is 64.4 Å². The number of hydrogen-bond donors (Lipinski definition) is 2. The van der Waals surface area contributed by atoms with E-state index in [9.17, 15) is 9.59 Å². The first kappa shape index (κ1) is 38.7. The molecule has 0 spiro atoms. The van der Waals surface area contributed by atoms with Gasteiger partial charge in [0.1, 0.15) is 5.15 Å². The van der Waals surface area contributed by atoms with E-state index in [1.807, 2.05) is 25.3 Å². The van der Waals surface area contributed by atoms with Gasteiger partial charge in [0.05, 0.1) is 17.8 Å². The molecule has 2 aromatic rings. The van der Waals surface area contributed by atoms with Crippen molar-refractivity contribution >= 4 is 57.4 Å². The third kappa shape index (κ3) is 14.8. The molecule has 43 heavy (non-hydrogen) atoms. The van der Waals surface area contributed by atoms with Gasteiger partial charge in [-0.05, 0) is 61.1 Å². The second-order valence-corrected chi connectivity index (χ2v) is 13.4. The Kier molecular flexibility index (Phi) is 19.2. The first-order valence-corrected chi connectivity index (χ1v) is 17.3. The first-order chi connectivity index (χ1) is 20.5. The molecule has 2 atom stereocenters. The standard InChI is InChI=1S/C27H37ClN4O2S2.C6H14O/c1-8-18(5)20(7)11-10-12-22(19(6)9-2)23-16-35-27(30-23)31-25(33)14-29-26(34)21-13-24(28)32(15-21)36-17(3)4;1-3-5-7-6-4-2/h10-13,15-19H,7-9,14H2,1-6H3,(H,29,34)(H,30,31,33);3-6H2,1-2H3/b11-10-,22-12+;. The van der Waals surface area contributed by atoms with Crippen LogP contribution in [-0.4, -0.2) is 45.8 Å². The van der Waals surface area contributed by atoms with Crippen molar-refractivity contribution in [1.82, 2.24) is 14.3 Å². The average molecular weight is 651 g/mol. The van der Waals surface area contributed by atoms with Crippen LogP contribution in [-0.2, 0) is 9.53 Å². The number of thiazole rings is 1. The lowest BCUT2D eigenvalue weighted by molar-refractivity contribution is -0.115. The Hall–Kier alpha value is -2.33. The maximum absolute atomic E-state index is 12.5. The molecule has 0 fully saturated rings. The van der Waals surface area contributed by atoms with Crippen LogP contribution in [0, 0.1) is 11.8 Å². The zero-order chi connectivity index (χ0) is 32.4. The van der Waals surface area contributed by atoms with Gasteiger partial charge in [0.25, 0.3) is 5.91 Å². The van der Waals surface area contributed by atoms with Crippen LogP contribution in [0.4, 0.5) is 5.13 Å². The number of nitrogens with zero attached hydrogens (tertiary/aromatic N) is 2. The van der Waals surface area contributed by atoms with Crippen LogP contribution in [0.25, 0.3) is 5.57 Å². The molecule has 10 heteroatoms. The Labute approximate surface area is 272 Å². The van der Waals surface area contributed by atoms with E-state index < -0.39 is 0 Å². The van der Waals surface area contributed by atoms with Crippen LogP contribution in [0.15, 0.2) is 48.0 Å². The minimum absolute atomic E-state index is 0.164. The van der Waals surface area contributed by atoms with Gasteiger partial charge in [0.2, 0.25) is 5.91 Å². The van der Waals surface area contributed by atoms with Crippen LogP contribution in [0.5, 0.6) is 0 Å². The van der Waals surface area contributed by atoms with E-state index in [4.69, 9.17) is 16.3 Å². The molecule has 2 aromatic heterocycles. The summed E-state index contributed by atoms with van der Waals surface area (Å²) >= 11 is 9.07. The molecule has 0 aliphatic rings. The monoisotopic (exact) mass is 650 g/mol. The predicted molar refractivity (Wildman–Crippen MR) is 187 cm³/mol. The zero-order valence-corrected chi connectivity index (χ0v) is 29.6. The van der Waals surface area contributed by atoms with Crippen molar-refractivity contribution in [3.8, 4) is 0 Å². The summed E-state index contributed by atoms with van der Waals surface area (Å²) in [6, 6.07) is 1.59. The second-order valence-electron chi connectivity index (χ2n) is 10.6. The van der Waals surface area contributed by atoms with Crippen LogP contribution in [0.2, 0.25) is 5.15 Å². The number of aromatic nitrogens is 2. The van der Waals surface area contributed by atoms with Gasteiger partial charge in [-0.1, -0.05) is 97.4 Å². The molecular formula is C33H51ClN4O3S2. The minimum atomic E-state index is -0.359. The summed E-state index contributed by atoms with van der Waals surface area (Å²) in [6.07, 6.45) is 12.1. The second kappa shape index (κ2) is 21.4. The lowest BCUT2D eigenvalue weighted by Crippen LogP contribution is -2.32. The van der Waals surface area contributed by atoms with Crippen molar-refractivity contribution in [2.24, 2.45) is 11.8 Å². The Morgan fingerprint density at radius 1 is 1.12 bits per heavy atom. The highest BCUT2D eigenvalue weighted by Gasteiger charge is 2.16. The molecule has 2 amide bonds. The number of carbonyl (C=O) groups is 2. The van der Waals surface area contributed by atoms with E-state index in [0.717, 1.165) is 55.7 Å². The third-order valence-corrected chi connectivity index (χ3v) is 8.56. The minimum Gasteiger partial charge on any atom is -0.381 e. The Bertz CT molecular complexity index is 1200. The number of amides is 2. The van der Waals surface area contributed by atoms with Crippen LogP contribution >= 0.6 is 34.9 Å². The van der Waals surface area contributed by atoms with Gasteiger partial charge in [0.15, 0.2) is 5.13 Å². The third-order valence-electron chi connectivity index (χ3n) is 6.46. The Morgan fingerprint density at radius 3 is 2.35 bits per heavy atom. The fourth-order valence-corrected chi connectivity index (χ4v) is 5.36. The predicted octanol–water partition coefficient (Wildman–Crippen LogP) is 9.28. The van der Waals surface area contributed by atoms with Crippen molar-refractivity contribution in [2.45, 2.75) is 86.3 Å². The molecule has 0 saturated carbocycles. The summed E-state index contributed by atoms with van der Waals surface area (Å²) in [5.41, 5.74) is 3.45. The number of anilines is 1. The Morgan fingerprint density at radius 2 is 1.77 bits per heavy atom. The highest BCUT2D eigenvalue weighted by atomic mass is 35.5. The van der Waals surface area contributed by atoms with Crippen molar-refractivity contribution in [2.75, 3.05) is 25.1 Å². The smallest absolute Gasteiger partial charge is 0.253 e. The van der Waals surface area contributed by atoms with Gasteiger partial charge in [0, 0.05) is 30.0 Å². The maximum atomic E-state index is 12.5. The molecule has 0 bridgehead atoms. The fraction of sp³-hybridized carbons (Fsp3) is 0.545. The first-order valence-electron chi connectivity index (χ1n) is 15.2. The number of allylic oxidation sites excluding steroid dienone is 5. The van der Waals surface area contributed by atoms with E-state index in [-0.39, 0.29) is 18.4 Å². The quantitative estimate of drug-likeness (QED) is 0.132. The fourth-order valence-electron chi connectivity index (χ4n) is 3.55. The summed E-state index contributed by atoms with van der Waals surface area (Å²) in [7, 11) is 0. The average Bonchev–Trinajstić information content (AvgIpc) is 3.59. The molecule has 0 saturated heterocycles. The van der Waals surface area contributed by atoms with E-state index in [1.165, 1.54) is 23.3 Å². The largest absolute Gasteiger partial charge is 0.381 e. The van der Waals surface area contributed by atoms with Gasteiger partial charge >= 0.3 is 0 Å². The zero-order valence-electron chi connectivity index (χ0n) is 27.2. The van der Waals surface area contributed by atoms with Gasteiger partial charge in [-0.3, -0.25) is 13.6 Å². The van der Waals surface area contributed by atoms with E-state index in [1.54, 1.807) is 16.2 Å². The number of carbonyl (C=O) groups excluding carboxylic acids is 2. The number of rotatable bonds is 17. The molecular weight excluding hydrogens is 600 g/mol. The van der Waals surface area contributed by atoms with Crippen LogP contribution < -0.4 is 10.6 Å². The van der Waals surface area contributed by atoms with Crippen LogP contribution in [0.3, 0.4) is 0 Å². The maximum Gasteiger partial charge on any atom is 0.253 e. The SMILES string of the molecule is C=C(/C=C\C=C(\c1csc(NC(=O)CNC(=O)c2cc(Cl)n(SC(C)C)c2)n1)C(C)CC)C(C)CC.CCCOCCC. The Balaban J connectivity index is 0.00000117. The summed E-state index contributed by atoms with van der Waals surface area (Å²) in [5.74, 6) is 0.0523. The summed E-state index contributed by atoms with van der Waals surface area (Å²) < 4.78 is 6.88. The molecule has 0 aromatic carbocycles. The van der Waals surface area contributed by atoms with Crippen LogP contribution in [0.1, 0.15) is 97.1 Å². The molecule has 0 aliphatic carbocycles. The van der Waals surface area contributed by atoms with Gasteiger partial charge in [-0.15, -0.1) is 11.3 Å². The normalized spacial score (nSPS) is 13.0. The molecule has 0 radical (unpaired) electrons. The molecule has 2 unspecified atom stereocenters. The number of ether oxygens (including phenoxy) is 1. The number of nitrogens with one attached hydrogen (secondary N) is 2. The summed E-state index contributed by atoms with van der Waals surface area (Å²) in [4.78, 5) is 29.5. The van der Waals surface area contributed by atoms with Gasteiger partial charge in [-0.25, -0.2) is 4.98 Å². The van der Waals surface area contributed by atoms with E-state index in [2.05, 4.69) is 75.9 Å². The van der Waals surface area contributed by atoms with Gasteiger partial charge < -0.3 is 15.4 Å². The highest BCUT2D eigenvalue weighted by Crippen LogP contribution is 2.29. The van der Waals surface area contributed by atoms with Crippen molar-refractivity contribution in [1.29, 1.82) is 0 Å². The molecule has 2 rings (SSSR count). The lowest BCUT2D eigenvalue weighted by Gasteiger charge is -2.12. The molecule has 0 aliphatic heterocycles. The molecule has 7 nitrogen and oxygen atoms in total. The van der Waals surface area contributed by atoms with E-state index >= 15 is 0 Å². The topological polar surface area (TPSA) is 85.3 Å². The van der Waals surface area contributed by atoms with Crippen molar-refractivity contribution < 1.29 is 14.3 Å². The highest BCUT2D eigenvalue weighted by molar-refractivity contribution is 7.98. The van der Waals surface area contributed by atoms with Gasteiger partial charge in [-0.2, -0.15) is 0 Å². The number of hydrogen-bond acceptors (Lipinski definition) is 6.